The van der Waals surface area contributed by atoms with Gasteiger partial charge in [0, 0.05) is 64.3 Å². The summed E-state index contributed by atoms with van der Waals surface area (Å²) in [6.45, 7) is 33.9. The Bertz CT molecular complexity index is 2600. The Morgan fingerprint density at radius 2 is 0.632 bits per heavy atom. The molecular formula is C48H54N2O6S12. The Kier molecular flexibility index (Phi) is 12.4. The first-order chi connectivity index (χ1) is 31.1. The van der Waals surface area contributed by atoms with Crippen molar-refractivity contribution >= 4 is 159 Å². The van der Waals surface area contributed by atoms with E-state index in [1.165, 1.54) is 0 Å². The highest BCUT2D eigenvalue weighted by Gasteiger charge is 2.56. The summed E-state index contributed by atoms with van der Waals surface area (Å²) >= 11 is 20.3. The number of nitrogens with one attached hydrogen (secondary N) is 1. The topological polar surface area (TPSA) is 127 Å². The SMILES string of the molecule is CC1(C)Sc2c(c(C(=O)O)c3c(c2[C](c2c4c(c(C(=O)O)c5c2SC(C)(C)S5)SC(C)(C)S4)c2c4c(c(C(=O)[15NH]C5CC(C)(C)N([O])C5(C)C)c5c2SC(C)(C)S5)SC(C)(C)S4)SC(C)(C)S3)S1. The lowest BCUT2D eigenvalue weighted by molar-refractivity contribution is -0.246. The molecule has 7 heterocycles. The van der Waals surface area contributed by atoms with Crippen LogP contribution in [0.2, 0.25) is 0 Å². The molecule has 2 radical (unpaired) electrons. The van der Waals surface area contributed by atoms with Crippen molar-refractivity contribution in [2.24, 2.45) is 0 Å². The molecule has 3 N–H and O–H groups in total. The van der Waals surface area contributed by atoms with Crippen molar-refractivity contribution in [3.8, 4) is 0 Å². The van der Waals surface area contributed by atoms with E-state index in [4.69, 9.17) is 0 Å². The highest BCUT2D eigenvalue weighted by molar-refractivity contribution is 8.23. The normalized spacial score (nSPS) is 25.2. The van der Waals surface area contributed by atoms with Gasteiger partial charge in [-0.05, 0) is 134 Å². The number of hydrogen-bond acceptors (Lipinski definition) is 16. The number of aromatic carboxylic acids is 2. The number of thioether (sulfide) groups is 12. The number of carbonyl (C=O) groups excluding carboxylic acids is 1. The summed E-state index contributed by atoms with van der Waals surface area (Å²) in [5.41, 5.74) is 2.90. The molecule has 0 aromatic heterocycles. The van der Waals surface area contributed by atoms with Gasteiger partial charge in [-0.2, -0.15) is 0 Å². The smallest absolute Gasteiger partial charge is 0.338 e. The third-order valence-electron chi connectivity index (χ3n) is 12.5. The summed E-state index contributed by atoms with van der Waals surface area (Å²) in [4.78, 5) is 53.5. The highest BCUT2D eigenvalue weighted by atomic mass is 32.2. The average molecular weight is 1140 g/mol. The number of hydrogen-bond donors (Lipinski definition) is 3. The van der Waals surface area contributed by atoms with Crippen LogP contribution in [0.15, 0.2) is 58.7 Å². The van der Waals surface area contributed by atoms with E-state index in [-0.39, 0.29) is 14.1 Å². The largest absolute Gasteiger partial charge is 0.478 e. The van der Waals surface area contributed by atoms with Crippen LogP contribution in [0.25, 0.3) is 0 Å². The Morgan fingerprint density at radius 1 is 0.412 bits per heavy atom. The summed E-state index contributed by atoms with van der Waals surface area (Å²) in [6, 6.07) is -0.392. The van der Waals surface area contributed by atoms with Gasteiger partial charge in [-0.15, -0.1) is 151 Å². The monoisotopic (exact) mass is 1140 g/mol. The van der Waals surface area contributed by atoms with Gasteiger partial charge in [0.1, 0.15) is 0 Å². The Morgan fingerprint density at radius 3 is 0.838 bits per heavy atom. The number of fused-ring (bicyclic) bond motifs is 6. The van der Waals surface area contributed by atoms with Gasteiger partial charge in [-0.3, -0.25) is 4.79 Å². The highest BCUT2D eigenvalue weighted by Crippen LogP contribution is 2.74. The van der Waals surface area contributed by atoms with Crippen LogP contribution >= 0.6 is 141 Å². The minimum atomic E-state index is -0.939. The molecule has 0 saturated carbocycles. The third kappa shape index (κ3) is 8.38. The van der Waals surface area contributed by atoms with E-state index in [0.717, 1.165) is 86.4 Å². The molecule has 10 rings (SSSR count). The van der Waals surface area contributed by atoms with Crippen molar-refractivity contribution in [1.29, 1.82) is 0 Å². The van der Waals surface area contributed by atoms with Gasteiger partial charge in [-0.25, -0.2) is 9.59 Å². The van der Waals surface area contributed by atoms with Crippen molar-refractivity contribution in [2.45, 2.75) is 218 Å². The van der Waals surface area contributed by atoms with Gasteiger partial charge in [0.2, 0.25) is 0 Å². The third-order valence-corrected chi connectivity index (χ3v) is 29.5. The van der Waals surface area contributed by atoms with Crippen molar-refractivity contribution in [3.05, 3.63) is 39.3 Å². The Balaban J connectivity index is 1.37. The Hall–Kier alpha value is 0.190. The molecule has 1 fully saturated rings. The van der Waals surface area contributed by atoms with Crippen LogP contribution in [0.3, 0.4) is 0 Å². The van der Waals surface area contributed by atoms with E-state index >= 15 is 4.79 Å². The number of carbonyl (C=O) groups is 3. The molecule has 364 valence electrons. The minimum Gasteiger partial charge on any atom is -0.478 e. The van der Waals surface area contributed by atoms with Gasteiger partial charge in [0.25, 0.3) is 5.91 Å². The average Bonchev–Trinajstić information content (AvgIpc) is 3.99. The van der Waals surface area contributed by atoms with Crippen LogP contribution in [0.5, 0.6) is 0 Å². The first kappa shape index (κ1) is 51.7. The van der Waals surface area contributed by atoms with E-state index in [1.807, 2.05) is 27.7 Å². The summed E-state index contributed by atoms with van der Waals surface area (Å²) < 4.78 is -2.34. The standard InChI is InChI=1S/C48H54N2O6S12/c1-41(2)17-18(42(3,4)50(41)56)49-38(51)23-32-26(57-43(5,6)63-32)20(27-33(23)64-44(7,8)58-27)19(21-28-34(65-45(9,10)59-28)24(39(52)53)35-29(21)60-46(11,12)66-35)22-30-36(67-47(13,14)61-30)25(40(54)55)37-31(22)62-48(15,16)68-37/h18H,17H2,1-16H3,(H,49,51)(H,52,53)(H,54,55)/i49+1. The molecule has 0 bridgehead atoms. The number of carboxylic acid groups (broad SMARTS) is 2. The lowest BCUT2D eigenvalue weighted by Gasteiger charge is -2.34. The van der Waals surface area contributed by atoms with Gasteiger partial charge in [0.15, 0.2) is 0 Å². The fourth-order valence-corrected chi connectivity index (χ4v) is 27.8. The van der Waals surface area contributed by atoms with E-state index in [1.54, 1.807) is 141 Å². The maximum Gasteiger partial charge on any atom is 0.338 e. The number of carboxylic acids is 2. The number of benzene rings is 3. The molecule has 20 heteroatoms. The number of hydroxylamine groups is 2. The van der Waals surface area contributed by atoms with Crippen LogP contribution in [-0.2, 0) is 5.21 Å². The maximum absolute atomic E-state index is 15.5. The molecule has 0 spiro atoms. The van der Waals surface area contributed by atoms with Crippen molar-refractivity contribution in [1.82, 2.24) is 10.4 Å². The fraction of sp³-hybridized carbons (Fsp3) is 0.542. The lowest BCUT2D eigenvalue weighted by atomic mass is 9.83. The van der Waals surface area contributed by atoms with Gasteiger partial charge in [0.05, 0.1) is 58.7 Å². The number of nitrogens with zero attached hydrogens (tertiary/aromatic N) is 1. The predicted molar refractivity (Wildman–Crippen MR) is 295 cm³/mol. The molecule has 3 aromatic carbocycles. The molecule has 1 unspecified atom stereocenters. The quantitative estimate of drug-likeness (QED) is 0.153. The van der Waals surface area contributed by atoms with Gasteiger partial charge in [-0.1, -0.05) is 0 Å². The van der Waals surface area contributed by atoms with Crippen LogP contribution in [0.4, 0.5) is 0 Å². The molecule has 0 aliphatic carbocycles. The van der Waals surface area contributed by atoms with E-state index in [9.17, 15) is 25.0 Å². The first-order valence-corrected chi connectivity index (χ1v) is 32.0. The van der Waals surface area contributed by atoms with Crippen LogP contribution < -0.4 is 5.32 Å². The molecule has 1 saturated heterocycles. The van der Waals surface area contributed by atoms with E-state index < -0.39 is 45.4 Å². The molecule has 1 amide bonds. The van der Waals surface area contributed by atoms with Crippen LogP contribution in [0, 0.1) is 5.92 Å². The second kappa shape index (κ2) is 16.3. The van der Waals surface area contributed by atoms with Gasteiger partial charge < -0.3 is 15.5 Å². The Labute approximate surface area is 451 Å². The molecule has 68 heavy (non-hydrogen) atoms. The van der Waals surface area contributed by atoms with Crippen LogP contribution in [-0.4, -0.2) is 74.7 Å². The van der Waals surface area contributed by atoms with E-state index in [2.05, 4.69) is 88.4 Å². The summed E-state index contributed by atoms with van der Waals surface area (Å²) in [5.74, 6) is -1.07. The zero-order valence-electron chi connectivity index (χ0n) is 40.7. The molecule has 7 aliphatic rings. The second-order valence-electron chi connectivity index (χ2n) is 21.8. The summed E-state index contributed by atoms with van der Waals surface area (Å²) in [5, 5.41) is 40.7. The molecule has 1 atom stereocenters. The lowest BCUT2D eigenvalue weighted by Crippen LogP contribution is -2.52. The van der Waals surface area contributed by atoms with E-state index in [0.29, 0.717) is 23.1 Å². The summed E-state index contributed by atoms with van der Waals surface area (Å²) in [7, 11) is 0. The molecule has 3 aromatic rings. The van der Waals surface area contributed by atoms with Crippen LogP contribution in [0.1, 0.15) is 165 Å². The second-order valence-corrected chi connectivity index (χ2v) is 42.9. The molecule has 8 nitrogen and oxygen atoms in total. The molecular weight excluding hydrogens is 1090 g/mol. The predicted octanol–water partition coefficient (Wildman–Crippen LogP) is 16.4. The van der Waals surface area contributed by atoms with Gasteiger partial charge >= 0.3 is 11.9 Å². The zero-order chi connectivity index (χ0) is 49.8. The number of amides is 1. The number of rotatable bonds is 7. The minimum absolute atomic E-state index is 0.184. The maximum atomic E-state index is 15.5. The molecule has 7 aliphatic heterocycles. The fourth-order valence-electron chi connectivity index (χ4n) is 10.1. The first-order valence-electron chi connectivity index (χ1n) is 22.2. The zero-order valence-corrected chi connectivity index (χ0v) is 50.5. The van der Waals surface area contributed by atoms with Crippen molar-refractivity contribution in [2.75, 3.05) is 0 Å². The van der Waals surface area contributed by atoms with Crippen molar-refractivity contribution in [3.63, 3.8) is 0 Å². The van der Waals surface area contributed by atoms with Crippen molar-refractivity contribution < 1.29 is 29.8 Å². The summed E-state index contributed by atoms with van der Waals surface area (Å²) in [6.07, 6.45) is 0.512.